The monoisotopic (exact) mass is 274 g/mol. The summed E-state index contributed by atoms with van der Waals surface area (Å²) in [5.41, 5.74) is -0.0565. The Balaban J connectivity index is 1.93. The van der Waals surface area contributed by atoms with E-state index in [1.54, 1.807) is 0 Å². The molecule has 0 aromatic carbocycles. The third-order valence-corrected chi connectivity index (χ3v) is 4.56. The Kier molecular flexibility index (Phi) is 3.53. The molecule has 94 valence electrons. The second kappa shape index (κ2) is 4.78. The van der Waals surface area contributed by atoms with E-state index in [-0.39, 0.29) is 16.8 Å². The van der Waals surface area contributed by atoms with Crippen molar-refractivity contribution in [3.8, 4) is 0 Å². The van der Waals surface area contributed by atoms with Crippen LogP contribution in [0.15, 0.2) is 0 Å². The van der Waals surface area contributed by atoms with E-state index in [2.05, 4.69) is 27.8 Å². The number of halogens is 1. The summed E-state index contributed by atoms with van der Waals surface area (Å²) in [5.74, 6) is 0. The van der Waals surface area contributed by atoms with Crippen LogP contribution in [0.25, 0.3) is 0 Å². The summed E-state index contributed by atoms with van der Waals surface area (Å²) < 4.78 is 0. The summed E-state index contributed by atoms with van der Waals surface area (Å²) in [6, 6.07) is -0.238. The molecule has 2 atom stereocenters. The van der Waals surface area contributed by atoms with Gasteiger partial charge in [-0.1, -0.05) is 25.2 Å². The standard InChI is InChI=1S/C10H15ClN4OS/c1-3-4-12-8(16)13-9-15-14-7(17-9)10(2)5-6(10)11/h6H,3-5H2,1-2H3,(H2,12,13,15,16). The van der Waals surface area contributed by atoms with Crippen LogP contribution in [0.4, 0.5) is 9.93 Å². The summed E-state index contributed by atoms with van der Waals surface area (Å²) in [7, 11) is 0. The lowest BCUT2D eigenvalue weighted by Gasteiger charge is -2.02. The molecule has 1 saturated carbocycles. The second-order valence-corrected chi connectivity index (χ2v) is 5.89. The summed E-state index contributed by atoms with van der Waals surface area (Å²) in [6.45, 7) is 4.71. The maximum atomic E-state index is 11.4. The predicted octanol–water partition coefficient (Wildman–Crippen LogP) is 2.34. The summed E-state index contributed by atoms with van der Waals surface area (Å²) >= 11 is 7.44. The van der Waals surface area contributed by atoms with Crippen molar-refractivity contribution in [2.45, 2.75) is 37.5 Å². The van der Waals surface area contributed by atoms with Crippen molar-refractivity contribution < 1.29 is 4.79 Å². The number of aromatic nitrogens is 2. The average molecular weight is 275 g/mol. The maximum absolute atomic E-state index is 11.4. The molecule has 1 aromatic rings. The van der Waals surface area contributed by atoms with Crippen LogP contribution in [0.5, 0.6) is 0 Å². The van der Waals surface area contributed by atoms with Gasteiger partial charge in [0, 0.05) is 17.3 Å². The van der Waals surface area contributed by atoms with E-state index in [4.69, 9.17) is 11.6 Å². The Labute approximate surface area is 109 Å². The Morgan fingerprint density at radius 1 is 1.65 bits per heavy atom. The van der Waals surface area contributed by atoms with Gasteiger partial charge in [0.05, 0.1) is 0 Å². The molecule has 0 radical (unpaired) electrons. The van der Waals surface area contributed by atoms with Gasteiger partial charge in [0.15, 0.2) is 0 Å². The second-order valence-electron chi connectivity index (χ2n) is 4.38. The van der Waals surface area contributed by atoms with Gasteiger partial charge in [-0.15, -0.1) is 21.8 Å². The molecule has 0 spiro atoms. The number of hydrogen-bond donors (Lipinski definition) is 2. The van der Waals surface area contributed by atoms with Crippen molar-refractivity contribution in [2.24, 2.45) is 0 Å². The van der Waals surface area contributed by atoms with Crippen molar-refractivity contribution in [2.75, 3.05) is 11.9 Å². The van der Waals surface area contributed by atoms with E-state index < -0.39 is 0 Å². The summed E-state index contributed by atoms with van der Waals surface area (Å²) in [4.78, 5) is 11.4. The number of amides is 2. The van der Waals surface area contributed by atoms with E-state index in [0.717, 1.165) is 17.8 Å². The molecule has 2 unspecified atom stereocenters. The molecule has 1 fully saturated rings. The van der Waals surface area contributed by atoms with Crippen LogP contribution < -0.4 is 10.6 Å². The zero-order valence-electron chi connectivity index (χ0n) is 9.79. The van der Waals surface area contributed by atoms with E-state index in [1.165, 1.54) is 11.3 Å². The van der Waals surface area contributed by atoms with Crippen LogP contribution in [0.2, 0.25) is 0 Å². The Morgan fingerprint density at radius 3 is 2.94 bits per heavy atom. The number of hydrogen-bond acceptors (Lipinski definition) is 4. The molecular formula is C10H15ClN4OS. The van der Waals surface area contributed by atoms with Crippen molar-refractivity contribution >= 4 is 34.1 Å². The highest BCUT2D eigenvalue weighted by Gasteiger charge is 2.53. The van der Waals surface area contributed by atoms with Gasteiger partial charge in [-0.2, -0.15) is 0 Å². The fourth-order valence-electron chi connectivity index (χ4n) is 1.42. The first kappa shape index (κ1) is 12.6. The Hall–Kier alpha value is -0.880. The molecule has 1 aliphatic carbocycles. The van der Waals surface area contributed by atoms with Crippen molar-refractivity contribution in [1.82, 2.24) is 15.5 Å². The largest absolute Gasteiger partial charge is 0.338 e. The highest BCUT2D eigenvalue weighted by atomic mass is 35.5. The van der Waals surface area contributed by atoms with Gasteiger partial charge in [-0.25, -0.2) is 4.79 Å². The maximum Gasteiger partial charge on any atom is 0.321 e. The van der Waals surface area contributed by atoms with Gasteiger partial charge in [-0.05, 0) is 12.8 Å². The van der Waals surface area contributed by atoms with Crippen molar-refractivity contribution in [3.63, 3.8) is 0 Å². The summed E-state index contributed by atoms with van der Waals surface area (Å²) in [5, 5.41) is 14.9. The SMILES string of the molecule is CCCNC(=O)Nc1nnc(C2(C)CC2Cl)s1. The molecule has 1 aliphatic rings. The van der Waals surface area contributed by atoms with Gasteiger partial charge in [0.25, 0.3) is 0 Å². The minimum absolute atomic E-state index is 0.0565. The highest BCUT2D eigenvalue weighted by molar-refractivity contribution is 7.15. The van der Waals surface area contributed by atoms with Gasteiger partial charge in [0.2, 0.25) is 5.13 Å². The number of alkyl halides is 1. The number of carbonyl (C=O) groups is 1. The normalized spacial score (nSPS) is 26.6. The fraction of sp³-hybridized carbons (Fsp3) is 0.700. The molecule has 0 bridgehead atoms. The van der Waals surface area contributed by atoms with Crippen LogP contribution in [0.1, 0.15) is 31.7 Å². The lowest BCUT2D eigenvalue weighted by atomic mass is 10.2. The molecular weight excluding hydrogens is 260 g/mol. The lowest BCUT2D eigenvalue weighted by molar-refractivity contribution is 0.252. The van der Waals surface area contributed by atoms with Gasteiger partial charge in [0.1, 0.15) is 5.01 Å². The van der Waals surface area contributed by atoms with E-state index in [0.29, 0.717) is 11.7 Å². The molecule has 17 heavy (non-hydrogen) atoms. The quantitative estimate of drug-likeness (QED) is 0.828. The van der Waals surface area contributed by atoms with Crippen LogP contribution in [-0.2, 0) is 5.41 Å². The minimum atomic E-state index is -0.238. The first-order valence-electron chi connectivity index (χ1n) is 5.59. The number of nitrogens with one attached hydrogen (secondary N) is 2. The first-order chi connectivity index (χ1) is 8.06. The number of rotatable bonds is 4. The molecule has 1 aromatic heterocycles. The highest BCUT2D eigenvalue weighted by Crippen LogP contribution is 2.52. The molecule has 7 heteroatoms. The third-order valence-electron chi connectivity index (χ3n) is 2.80. The van der Waals surface area contributed by atoms with Crippen molar-refractivity contribution in [3.05, 3.63) is 5.01 Å². The lowest BCUT2D eigenvalue weighted by Crippen LogP contribution is -2.29. The molecule has 1 heterocycles. The third kappa shape index (κ3) is 2.69. The molecule has 2 amide bonds. The van der Waals surface area contributed by atoms with E-state index in [9.17, 15) is 4.79 Å². The van der Waals surface area contributed by atoms with Crippen LogP contribution in [0.3, 0.4) is 0 Å². The Morgan fingerprint density at radius 2 is 2.35 bits per heavy atom. The molecule has 2 N–H and O–H groups in total. The van der Waals surface area contributed by atoms with Gasteiger partial charge >= 0.3 is 6.03 Å². The van der Waals surface area contributed by atoms with Gasteiger partial charge < -0.3 is 5.32 Å². The van der Waals surface area contributed by atoms with Crippen LogP contribution >= 0.6 is 22.9 Å². The Bertz CT molecular complexity index is 424. The van der Waals surface area contributed by atoms with E-state index in [1.807, 2.05) is 6.92 Å². The van der Waals surface area contributed by atoms with Crippen molar-refractivity contribution in [1.29, 1.82) is 0 Å². The smallest absolute Gasteiger partial charge is 0.321 e. The number of nitrogens with zero attached hydrogens (tertiary/aromatic N) is 2. The van der Waals surface area contributed by atoms with Crippen LogP contribution in [-0.4, -0.2) is 28.2 Å². The van der Waals surface area contributed by atoms with Crippen LogP contribution in [0, 0.1) is 0 Å². The number of urea groups is 1. The number of anilines is 1. The number of carbonyl (C=O) groups excluding carboxylic acids is 1. The molecule has 2 rings (SSSR count). The molecule has 0 saturated heterocycles. The first-order valence-corrected chi connectivity index (χ1v) is 6.84. The minimum Gasteiger partial charge on any atom is -0.338 e. The topological polar surface area (TPSA) is 66.9 Å². The molecule has 0 aliphatic heterocycles. The zero-order chi connectivity index (χ0) is 12.5. The summed E-state index contributed by atoms with van der Waals surface area (Å²) in [6.07, 6.45) is 1.83. The average Bonchev–Trinajstić information content (AvgIpc) is 2.73. The van der Waals surface area contributed by atoms with E-state index >= 15 is 0 Å². The predicted molar refractivity (Wildman–Crippen MR) is 68.8 cm³/mol. The zero-order valence-corrected chi connectivity index (χ0v) is 11.4. The molecule has 5 nitrogen and oxygen atoms in total. The fourth-order valence-corrected chi connectivity index (χ4v) is 2.86. The van der Waals surface area contributed by atoms with Gasteiger partial charge in [-0.3, -0.25) is 5.32 Å².